The minimum absolute atomic E-state index is 0.329. The molecular weight excluding hydrogens is 152 g/mol. The van der Waals surface area contributed by atoms with E-state index < -0.39 is 0 Å². The van der Waals surface area contributed by atoms with E-state index in [1.165, 1.54) is 0 Å². The van der Waals surface area contributed by atoms with Crippen molar-refractivity contribution < 1.29 is 0 Å². The Bertz CT molecular complexity index is 130. The van der Waals surface area contributed by atoms with Crippen LogP contribution in [0.2, 0.25) is 0 Å². The van der Waals surface area contributed by atoms with Crippen molar-refractivity contribution >= 4 is 0 Å². The van der Waals surface area contributed by atoms with E-state index in [0.29, 0.717) is 18.2 Å². The average Bonchev–Trinajstić information content (AvgIpc) is 2.31. The largest absolute Gasteiger partial charge is 0.222 e. The summed E-state index contributed by atoms with van der Waals surface area (Å²) in [7, 11) is 0. The summed E-state index contributed by atoms with van der Waals surface area (Å²) in [6.45, 7) is 10.8. The van der Waals surface area contributed by atoms with E-state index in [-0.39, 0.29) is 0 Å². The van der Waals surface area contributed by atoms with Crippen LogP contribution in [0.1, 0.15) is 34.6 Å². The van der Waals surface area contributed by atoms with Gasteiger partial charge in [0.25, 0.3) is 0 Å². The number of rotatable bonds is 2. The minimum Gasteiger partial charge on any atom is -0.222 e. The molecule has 0 unspecified atom stereocenters. The summed E-state index contributed by atoms with van der Waals surface area (Å²) < 4.78 is 0. The van der Waals surface area contributed by atoms with Crippen LogP contribution in [0, 0.1) is 0 Å². The van der Waals surface area contributed by atoms with Crippen LogP contribution in [0.5, 0.6) is 0 Å². The molecule has 0 aromatic heterocycles. The summed E-state index contributed by atoms with van der Waals surface area (Å²) in [5.74, 6) is 0. The molecule has 0 atom stereocenters. The SMILES string of the molecule is CC1NN(C(C)C)N(C(C)C)N1. The van der Waals surface area contributed by atoms with E-state index >= 15 is 0 Å². The molecule has 0 saturated carbocycles. The molecule has 0 spiro atoms. The monoisotopic (exact) mass is 172 g/mol. The lowest BCUT2D eigenvalue weighted by Gasteiger charge is -2.32. The zero-order valence-corrected chi connectivity index (χ0v) is 8.63. The summed E-state index contributed by atoms with van der Waals surface area (Å²) in [4.78, 5) is 0. The molecule has 1 aliphatic rings. The Morgan fingerprint density at radius 2 is 1.25 bits per heavy atom. The second-order valence-electron chi connectivity index (χ2n) is 3.86. The van der Waals surface area contributed by atoms with Gasteiger partial charge in [-0.25, -0.2) is 10.9 Å². The van der Waals surface area contributed by atoms with Crippen molar-refractivity contribution in [1.29, 1.82) is 0 Å². The highest BCUT2D eigenvalue weighted by Gasteiger charge is 2.29. The number of nitrogens with one attached hydrogen (secondary N) is 2. The van der Waals surface area contributed by atoms with Crippen molar-refractivity contribution in [3.63, 3.8) is 0 Å². The van der Waals surface area contributed by atoms with Crippen LogP contribution in [0.15, 0.2) is 0 Å². The van der Waals surface area contributed by atoms with Crippen LogP contribution in [0.3, 0.4) is 0 Å². The second kappa shape index (κ2) is 3.70. The smallest absolute Gasteiger partial charge is 0.0836 e. The van der Waals surface area contributed by atoms with Crippen molar-refractivity contribution in [3.05, 3.63) is 0 Å². The van der Waals surface area contributed by atoms with Crippen molar-refractivity contribution in [2.24, 2.45) is 0 Å². The van der Waals surface area contributed by atoms with Crippen LogP contribution in [-0.2, 0) is 0 Å². The third kappa shape index (κ3) is 1.95. The maximum absolute atomic E-state index is 3.33. The maximum Gasteiger partial charge on any atom is 0.0836 e. The highest BCUT2D eigenvalue weighted by molar-refractivity contribution is 4.68. The van der Waals surface area contributed by atoms with Crippen molar-refractivity contribution in [1.82, 2.24) is 21.1 Å². The molecule has 0 bridgehead atoms. The Balaban J connectivity index is 2.59. The van der Waals surface area contributed by atoms with Gasteiger partial charge in [-0.1, -0.05) is 0 Å². The molecule has 0 aromatic carbocycles. The van der Waals surface area contributed by atoms with Crippen molar-refractivity contribution in [2.45, 2.75) is 52.9 Å². The van der Waals surface area contributed by atoms with Gasteiger partial charge < -0.3 is 0 Å². The molecule has 2 N–H and O–H groups in total. The molecule has 4 heteroatoms. The Labute approximate surface area is 74.8 Å². The number of nitrogens with zero attached hydrogens (tertiary/aromatic N) is 2. The average molecular weight is 172 g/mol. The lowest BCUT2D eigenvalue weighted by Crippen LogP contribution is -2.51. The van der Waals surface area contributed by atoms with Gasteiger partial charge >= 0.3 is 0 Å². The van der Waals surface area contributed by atoms with Gasteiger partial charge in [0.2, 0.25) is 0 Å². The predicted molar refractivity (Wildman–Crippen MR) is 49.7 cm³/mol. The van der Waals surface area contributed by atoms with E-state index in [0.717, 1.165) is 0 Å². The van der Waals surface area contributed by atoms with E-state index in [1.807, 2.05) is 0 Å². The van der Waals surface area contributed by atoms with Gasteiger partial charge in [0, 0.05) is 12.1 Å². The van der Waals surface area contributed by atoms with Gasteiger partial charge in [0.15, 0.2) is 0 Å². The summed E-state index contributed by atoms with van der Waals surface area (Å²) in [6, 6.07) is 0.953. The quantitative estimate of drug-likeness (QED) is 0.641. The number of hydrogen-bond donors (Lipinski definition) is 2. The first-order chi connectivity index (χ1) is 5.52. The third-order valence-corrected chi connectivity index (χ3v) is 1.86. The predicted octanol–water partition coefficient (Wildman–Crippen LogP) is 0.691. The standard InChI is InChI=1S/C8H20N4/c1-6(2)11-9-8(5)10-12(11)7(3)4/h6-10H,1-5H3. The molecule has 1 rings (SSSR count). The highest BCUT2D eigenvalue weighted by atomic mass is 16.0. The van der Waals surface area contributed by atoms with Gasteiger partial charge in [-0.3, -0.25) is 0 Å². The molecule has 0 amide bonds. The molecule has 4 nitrogen and oxygen atoms in total. The fraction of sp³-hybridized carbons (Fsp3) is 1.00. The molecule has 1 aliphatic heterocycles. The van der Waals surface area contributed by atoms with Crippen LogP contribution < -0.4 is 10.9 Å². The maximum atomic E-state index is 3.33. The van der Waals surface area contributed by atoms with Gasteiger partial charge in [-0.05, 0) is 34.6 Å². The summed E-state index contributed by atoms with van der Waals surface area (Å²) >= 11 is 0. The van der Waals surface area contributed by atoms with Crippen LogP contribution in [0.25, 0.3) is 0 Å². The van der Waals surface area contributed by atoms with Crippen molar-refractivity contribution in [2.75, 3.05) is 0 Å². The molecular formula is C8H20N4. The summed E-state index contributed by atoms with van der Waals surface area (Å²) in [6.07, 6.45) is 0.329. The van der Waals surface area contributed by atoms with Gasteiger partial charge in [-0.2, -0.15) is 10.2 Å². The normalized spacial score (nSPS) is 23.2. The molecule has 72 valence electrons. The highest BCUT2D eigenvalue weighted by Crippen LogP contribution is 2.09. The summed E-state index contributed by atoms with van der Waals surface area (Å²) in [5.41, 5.74) is 6.67. The van der Waals surface area contributed by atoms with Crippen LogP contribution >= 0.6 is 0 Å². The molecule has 1 fully saturated rings. The van der Waals surface area contributed by atoms with E-state index in [1.54, 1.807) is 0 Å². The van der Waals surface area contributed by atoms with Crippen molar-refractivity contribution in [3.8, 4) is 0 Å². The zero-order chi connectivity index (χ0) is 9.30. The molecule has 0 radical (unpaired) electrons. The van der Waals surface area contributed by atoms with Crippen LogP contribution in [0.4, 0.5) is 0 Å². The first kappa shape index (κ1) is 9.92. The first-order valence-corrected chi connectivity index (χ1v) is 4.63. The lowest BCUT2D eigenvalue weighted by atomic mass is 10.4. The Kier molecular flexibility index (Phi) is 3.06. The zero-order valence-electron chi connectivity index (χ0n) is 8.63. The third-order valence-electron chi connectivity index (χ3n) is 1.86. The fourth-order valence-electron chi connectivity index (χ4n) is 1.35. The fourth-order valence-corrected chi connectivity index (χ4v) is 1.35. The molecule has 1 saturated heterocycles. The lowest BCUT2D eigenvalue weighted by molar-refractivity contribution is -0.0894. The second-order valence-corrected chi connectivity index (χ2v) is 3.86. The molecule has 0 aliphatic carbocycles. The van der Waals surface area contributed by atoms with E-state index in [4.69, 9.17) is 0 Å². The van der Waals surface area contributed by atoms with Gasteiger partial charge in [-0.15, -0.1) is 0 Å². The topological polar surface area (TPSA) is 30.5 Å². The van der Waals surface area contributed by atoms with Gasteiger partial charge in [0.05, 0.1) is 6.17 Å². The Morgan fingerprint density at radius 3 is 1.50 bits per heavy atom. The van der Waals surface area contributed by atoms with E-state index in [9.17, 15) is 0 Å². The molecule has 12 heavy (non-hydrogen) atoms. The van der Waals surface area contributed by atoms with Crippen LogP contribution in [-0.4, -0.2) is 28.5 Å². The minimum atomic E-state index is 0.329. The first-order valence-electron chi connectivity index (χ1n) is 4.63. The molecule has 0 aromatic rings. The Hall–Kier alpha value is -0.160. The Morgan fingerprint density at radius 1 is 0.917 bits per heavy atom. The molecule has 1 heterocycles. The van der Waals surface area contributed by atoms with E-state index in [2.05, 4.69) is 55.7 Å². The number of hydrazine groups is 3. The summed E-state index contributed by atoms with van der Waals surface area (Å²) in [5, 5.41) is 4.27. The number of hydrogen-bond acceptors (Lipinski definition) is 4. The van der Waals surface area contributed by atoms with Gasteiger partial charge in [0.1, 0.15) is 0 Å².